The summed E-state index contributed by atoms with van der Waals surface area (Å²) in [7, 11) is 0. The monoisotopic (exact) mass is 427 g/mol. The Bertz CT molecular complexity index is 1270. The molecule has 1 aromatic carbocycles. The van der Waals surface area contributed by atoms with Crippen LogP contribution >= 0.6 is 0 Å². The van der Waals surface area contributed by atoms with Gasteiger partial charge in [0.2, 0.25) is 0 Å². The quantitative estimate of drug-likeness (QED) is 0.495. The molecule has 0 amide bonds. The lowest BCUT2D eigenvalue weighted by Gasteiger charge is -2.25. The molecule has 7 nitrogen and oxygen atoms in total. The molecule has 2 aliphatic rings. The van der Waals surface area contributed by atoms with Crippen LogP contribution in [0.1, 0.15) is 50.6 Å². The van der Waals surface area contributed by atoms with Crippen molar-refractivity contribution >= 4 is 28.3 Å². The van der Waals surface area contributed by atoms with E-state index in [9.17, 15) is 0 Å². The molecule has 1 saturated carbocycles. The summed E-state index contributed by atoms with van der Waals surface area (Å²) in [5, 5.41) is 8.75. The minimum atomic E-state index is 0.496. The van der Waals surface area contributed by atoms with Crippen LogP contribution in [0.3, 0.4) is 0 Å². The van der Waals surface area contributed by atoms with E-state index >= 15 is 0 Å². The molecule has 1 N–H and O–H groups in total. The Labute approximate surface area is 187 Å². The van der Waals surface area contributed by atoms with Gasteiger partial charge in [-0.2, -0.15) is 9.61 Å². The zero-order valence-electron chi connectivity index (χ0n) is 18.6. The van der Waals surface area contributed by atoms with E-state index in [0.29, 0.717) is 6.04 Å². The minimum absolute atomic E-state index is 0.496. The largest absolute Gasteiger partial charge is 0.367 e. The maximum absolute atomic E-state index is 4.99. The zero-order chi connectivity index (χ0) is 21.5. The highest BCUT2D eigenvalue weighted by molar-refractivity contribution is 5.78. The SMILES string of the molecule is Cc1nc2ccccc2nc1-c1cc2nc(N3CCCC3)cc(NC3CCCCC3)n2n1. The molecule has 164 valence electrons. The lowest BCUT2D eigenvalue weighted by Crippen LogP contribution is -2.25. The molecule has 32 heavy (non-hydrogen) atoms. The fourth-order valence-corrected chi connectivity index (χ4v) is 5.07. The number of nitrogens with one attached hydrogen (secondary N) is 1. The van der Waals surface area contributed by atoms with Gasteiger partial charge in [0, 0.05) is 31.3 Å². The van der Waals surface area contributed by atoms with Crippen LogP contribution in [0.15, 0.2) is 36.4 Å². The summed E-state index contributed by atoms with van der Waals surface area (Å²) in [5.74, 6) is 2.07. The topological polar surface area (TPSA) is 71.2 Å². The minimum Gasteiger partial charge on any atom is -0.367 e. The third kappa shape index (κ3) is 3.55. The van der Waals surface area contributed by atoms with Crippen molar-refractivity contribution in [3.05, 3.63) is 42.1 Å². The van der Waals surface area contributed by atoms with E-state index in [1.54, 1.807) is 0 Å². The van der Waals surface area contributed by atoms with Gasteiger partial charge in [0.25, 0.3) is 0 Å². The number of hydrogen-bond donors (Lipinski definition) is 1. The molecule has 2 fully saturated rings. The van der Waals surface area contributed by atoms with Crippen LogP contribution in [0.5, 0.6) is 0 Å². The second kappa shape index (κ2) is 8.04. The van der Waals surface area contributed by atoms with Gasteiger partial charge in [-0.15, -0.1) is 0 Å². The zero-order valence-corrected chi connectivity index (χ0v) is 18.6. The molecule has 3 aromatic heterocycles. The first-order valence-corrected chi connectivity index (χ1v) is 11.9. The Morgan fingerprint density at radius 3 is 2.41 bits per heavy atom. The van der Waals surface area contributed by atoms with Crippen molar-refractivity contribution < 1.29 is 0 Å². The first-order valence-electron chi connectivity index (χ1n) is 11.9. The van der Waals surface area contributed by atoms with Crippen LogP contribution in [0.2, 0.25) is 0 Å². The van der Waals surface area contributed by atoms with E-state index in [2.05, 4.69) is 22.3 Å². The Kier molecular flexibility index (Phi) is 4.89. The van der Waals surface area contributed by atoms with Crippen LogP contribution in [-0.4, -0.2) is 43.7 Å². The molecule has 6 rings (SSSR count). The highest BCUT2D eigenvalue weighted by Crippen LogP contribution is 2.29. The van der Waals surface area contributed by atoms with Gasteiger partial charge in [-0.3, -0.25) is 0 Å². The molecule has 0 bridgehead atoms. The molecule has 1 aliphatic carbocycles. The van der Waals surface area contributed by atoms with Gasteiger partial charge in [-0.1, -0.05) is 31.4 Å². The van der Waals surface area contributed by atoms with Crippen LogP contribution in [0.4, 0.5) is 11.6 Å². The van der Waals surface area contributed by atoms with Crippen molar-refractivity contribution in [2.75, 3.05) is 23.3 Å². The van der Waals surface area contributed by atoms with E-state index in [1.165, 1.54) is 44.9 Å². The fraction of sp³-hybridized carbons (Fsp3) is 0.440. The van der Waals surface area contributed by atoms with Gasteiger partial charge < -0.3 is 10.2 Å². The van der Waals surface area contributed by atoms with Crippen molar-refractivity contribution in [3.8, 4) is 11.4 Å². The van der Waals surface area contributed by atoms with E-state index in [0.717, 1.165) is 58.5 Å². The van der Waals surface area contributed by atoms with E-state index in [4.69, 9.17) is 20.1 Å². The van der Waals surface area contributed by atoms with Crippen molar-refractivity contribution in [2.24, 2.45) is 0 Å². The summed E-state index contributed by atoms with van der Waals surface area (Å²) >= 11 is 0. The van der Waals surface area contributed by atoms with E-state index in [-0.39, 0.29) is 0 Å². The van der Waals surface area contributed by atoms with Crippen molar-refractivity contribution in [3.63, 3.8) is 0 Å². The molecule has 4 heterocycles. The smallest absolute Gasteiger partial charge is 0.160 e. The van der Waals surface area contributed by atoms with Gasteiger partial charge in [0.05, 0.1) is 16.7 Å². The number of aromatic nitrogens is 5. The molecular weight excluding hydrogens is 398 g/mol. The normalized spacial score (nSPS) is 17.5. The summed E-state index contributed by atoms with van der Waals surface area (Å²) in [4.78, 5) is 17.0. The van der Waals surface area contributed by atoms with Gasteiger partial charge in [-0.25, -0.2) is 15.0 Å². The summed E-state index contributed by atoms with van der Waals surface area (Å²) < 4.78 is 1.96. The molecule has 0 atom stereocenters. The Morgan fingerprint density at radius 1 is 0.875 bits per heavy atom. The fourth-order valence-electron chi connectivity index (χ4n) is 5.07. The van der Waals surface area contributed by atoms with Gasteiger partial charge in [-0.05, 0) is 44.7 Å². The molecule has 0 radical (unpaired) electrons. The van der Waals surface area contributed by atoms with Crippen LogP contribution in [-0.2, 0) is 0 Å². The predicted molar refractivity (Wildman–Crippen MR) is 128 cm³/mol. The number of anilines is 2. The maximum Gasteiger partial charge on any atom is 0.160 e. The highest BCUT2D eigenvalue weighted by atomic mass is 15.3. The van der Waals surface area contributed by atoms with Crippen molar-refractivity contribution in [1.82, 2.24) is 24.6 Å². The number of hydrogen-bond acceptors (Lipinski definition) is 6. The number of para-hydroxylation sites is 2. The van der Waals surface area contributed by atoms with E-state index < -0.39 is 0 Å². The molecular formula is C25H29N7. The Morgan fingerprint density at radius 2 is 1.62 bits per heavy atom. The second-order valence-electron chi connectivity index (χ2n) is 9.12. The molecule has 0 unspecified atom stereocenters. The lowest BCUT2D eigenvalue weighted by molar-refractivity contribution is 0.461. The Hall–Kier alpha value is -3.22. The molecule has 4 aromatic rings. The predicted octanol–water partition coefficient (Wildman–Crippen LogP) is 4.99. The average Bonchev–Trinajstić information content (AvgIpc) is 3.49. The summed E-state index contributed by atoms with van der Waals surface area (Å²) in [6, 6.07) is 12.7. The molecule has 1 saturated heterocycles. The van der Waals surface area contributed by atoms with Crippen molar-refractivity contribution in [2.45, 2.75) is 57.9 Å². The average molecular weight is 428 g/mol. The second-order valence-corrected chi connectivity index (χ2v) is 9.12. The summed E-state index contributed by atoms with van der Waals surface area (Å²) in [6.45, 7) is 4.15. The maximum atomic E-state index is 4.99. The first-order chi connectivity index (χ1) is 15.7. The number of nitrogens with zero attached hydrogens (tertiary/aromatic N) is 6. The molecule has 7 heteroatoms. The van der Waals surface area contributed by atoms with Gasteiger partial charge in [0.15, 0.2) is 5.65 Å². The number of fused-ring (bicyclic) bond motifs is 2. The number of benzene rings is 1. The van der Waals surface area contributed by atoms with Crippen molar-refractivity contribution in [1.29, 1.82) is 0 Å². The molecule has 1 aliphatic heterocycles. The lowest BCUT2D eigenvalue weighted by atomic mass is 9.95. The third-order valence-corrected chi connectivity index (χ3v) is 6.79. The van der Waals surface area contributed by atoms with Crippen LogP contribution < -0.4 is 10.2 Å². The van der Waals surface area contributed by atoms with Gasteiger partial charge in [0.1, 0.15) is 23.0 Å². The molecule has 0 spiro atoms. The number of rotatable bonds is 4. The van der Waals surface area contributed by atoms with Crippen LogP contribution in [0.25, 0.3) is 28.1 Å². The van der Waals surface area contributed by atoms with Crippen LogP contribution in [0, 0.1) is 6.92 Å². The summed E-state index contributed by atoms with van der Waals surface area (Å²) in [6.07, 6.45) is 8.82. The van der Waals surface area contributed by atoms with E-state index in [1.807, 2.05) is 35.7 Å². The third-order valence-electron chi connectivity index (χ3n) is 6.79. The highest BCUT2D eigenvalue weighted by Gasteiger charge is 2.21. The standard InChI is InChI=1S/C25H29N7/c1-17-25(28-20-12-6-5-11-19(20)26-17)21-15-23-29-22(31-13-7-8-14-31)16-24(32(23)30-21)27-18-9-3-2-4-10-18/h5-6,11-12,15-16,18,27H,2-4,7-10,13-14H2,1H3. The van der Waals surface area contributed by atoms with Gasteiger partial charge >= 0.3 is 0 Å². The first kappa shape index (κ1) is 19.5. The summed E-state index contributed by atoms with van der Waals surface area (Å²) in [5.41, 5.74) is 5.17. The Balaban J connectivity index is 1.46. The number of aryl methyl sites for hydroxylation is 1.